The first kappa shape index (κ1) is 20.2. The lowest BCUT2D eigenvalue weighted by molar-refractivity contribution is -0.127. The number of nitriles is 1. The first-order valence-corrected chi connectivity index (χ1v) is 10.1. The molecule has 0 atom stereocenters. The van der Waals surface area contributed by atoms with Gasteiger partial charge in [0, 0.05) is 17.3 Å². The summed E-state index contributed by atoms with van der Waals surface area (Å²) in [5, 5.41) is 11.4. The molecule has 3 aromatic rings. The molecule has 1 fully saturated rings. The summed E-state index contributed by atoms with van der Waals surface area (Å²) in [6.07, 6.45) is 1.46. The molecule has 0 saturated carbocycles. The lowest BCUT2D eigenvalue weighted by Crippen LogP contribution is -2.36. The third-order valence-corrected chi connectivity index (χ3v) is 5.35. The van der Waals surface area contributed by atoms with E-state index in [1.165, 1.54) is 6.08 Å². The van der Waals surface area contributed by atoms with E-state index in [4.69, 9.17) is 4.42 Å². The number of nitrogens with zero attached hydrogens (tertiary/aromatic N) is 2. The predicted molar refractivity (Wildman–Crippen MR) is 117 cm³/mol. The quantitative estimate of drug-likeness (QED) is 0.599. The van der Waals surface area contributed by atoms with Gasteiger partial charge in [0.15, 0.2) is 0 Å². The molecule has 7 nitrogen and oxygen atoms in total. The molecule has 1 saturated heterocycles. The SMILES string of the molecule is N#Cc1ccccc1-c1ccc(/C=C2/SC(=O)N(CC(=O)Nc3ccccc3)C2=O)o1. The van der Waals surface area contributed by atoms with Crippen molar-refractivity contribution < 1.29 is 18.8 Å². The zero-order valence-electron chi connectivity index (χ0n) is 16.1. The Morgan fingerprint density at radius 2 is 1.81 bits per heavy atom. The number of hydrogen-bond donors (Lipinski definition) is 1. The standard InChI is InChI=1S/C23H15N3O4S/c24-13-15-6-4-5-9-18(15)19-11-10-17(30-19)12-20-22(28)26(23(29)31-20)14-21(27)25-16-7-2-1-3-8-16/h1-12H,14H2,(H,25,27)/b20-12+. The number of para-hydroxylation sites is 1. The van der Waals surface area contributed by atoms with E-state index < -0.39 is 17.1 Å². The van der Waals surface area contributed by atoms with Gasteiger partial charge >= 0.3 is 0 Å². The van der Waals surface area contributed by atoms with E-state index in [9.17, 15) is 19.6 Å². The number of hydrogen-bond acceptors (Lipinski definition) is 6. The first-order valence-electron chi connectivity index (χ1n) is 9.25. The predicted octanol–water partition coefficient (Wildman–Crippen LogP) is 4.49. The number of furan rings is 1. The van der Waals surface area contributed by atoms with Crippen molar-refractivity contribution in [2.24, 2.45) is 0 Å². The smallest absolute Gasteiger partial charge is 0.294 e. The van der Waals surface area contributed by atoms with Crippen molar-refractivity contribution in [3.8, 4) is 17.4 Å². The number of rotatable bonds is 5. The van der Waals surface area contributed by atoms with Crippen LogP contribution in [0, 0.1) is 11.3 Å². The molecule has 1 aromatic heterocycles. The van der Waals surface area contributed by atoms with Crippen molar-refractivity contribution in [1.82, 2.24) is 4.90 Å². The fourth-order valence-electron chi connectivity index (χ4n) is 3.00. The lowest BCUT2D eigenvalue weighted by Gasteiger charge is -2.12. The molecular weight excluding hydrogens is 414 g/mol. The van der Waals surface area contributed by atoms with Gasteiger partial charge in [0.2, 0.25) is 5.91 Å². The Kier molecular flexibility index (Phi) is 5.69. The van der Waals surface area contributed by atoms with Gasteiger partial charge in [-0.3, -0.25) is 19.3 Å². The first-order chi connectivity index (χ1) is 15.0. The van der Waals surface area contributed by atoms with Crippen molar-refractivity contribution in [1.29, 1.82) is 5.26 Å². The van der Waals surface area contributed by atoms with Gasteiger partial charge in [-0.05, 0) is 48.2 Å². The van der Waals surface area contributed by atoms with Crippen LogP contribution in [0.2, 0.25) is 0 Å². The average Bonchev–Trinajstić information content (AvgIpc) is 3.34. The van der Waals surface area contributed by atoms with E-state index in [-0.39, 0.29) is 11.4 Å². The molecule has 4 rings (SSSR count). The van der Waals surface area contributed by atoms with Gasteiger partial charge in [-0.15, -0.1) is 0 Å². The summed E-state index contributed by atoms with van der Waals surface area (Å²) < 4.78 is 5.75. The number of benzene rings is 2. The summed E-state index contributed by atoms with van der Waals surface area (Å²) in [5.74, 6) is -0.191. The van der Waals surface area contributed by atoms with Crippen LogP contribution in [0.3, 0.4) is 0 Å². The molecule has 2 aromatic carbocycles. The Labute approximate surface area is 182 Å². The van der Waals surface area contributed by atoms with Gasteiger partial charge in [-0.1, -0.05) is 30.3 Å². The average molecular weight is 429 g/mol. The molecule has 1 aliphatic heterocycles. The van der Waals surface area contributed by atoms with E-state index in [0.29, 0.717) is 28.3 Å². The second-order valence-corrected chi connectivity index (χ2v) is 7.53. The summed E-state index contributed by atoms with van der Waals surface area (Å²) in [6, 6.07) is 21.2. The van der Waals surface area contributed by atoms with Crippen molar-refractivity contribution in [2.45, 2.75) is 0 Å². The highest BCUT2D eigenvalue weighted by molar-refractivity contribution is 8.18. The summed E-state index contributed by atoms with van der Waals surface area (Å²) in [5.41, 5.74) is 1.68. The third kappa shape index (κ3) is 4.42. The number of carbonyl (C=O) groups excluding carboxylic acids is 3. The molecule has 1 aliphatic rings. The Balaban J connectivity index is 1.48. The van der Waals surface area contributed by atoms with Crippen LogP contribution in [0.15, 0.2) is 76.1 Å². The Morgan fingerprint density at radius 1 is 1.06 bits per heavy atom. The second kappa shape index (κ2) is 8.73. The molecule has 31 heavy (non-hydrogen) atoms. The van der Waals surface area contributed by atoms with E-state index in [1.807, 2.05) is 6.07 Å². The summed E-state index contributed by atoms with van der Waals surface area (Å²) in [4.78, 5) is 38.2. The molecule has 3 amide bonds. The largest absolute Gasteiger partial charge is 0.457 e. The van der Waals surface area contributed by atoms with Crippen LogP contribution in [0.25, 0.3) is 17.4 Å². The van der Waals surface area contributed by atoms with Gasteiger partial charge in [-0.25, -0.2) is 0 Å². The highest BCUT2D eigenvalue weighted by Crippen LogP contribution is 2.33. The number of carbonyl (C=O) groups is 3. The number of amides is 3. The van der Waals surface area contributed by atoms with Crippen molar-refractivity contribution >= 4 is 40.6 Å². The maximum absolute atomic E-state index is 12.6. The summed E-state index contributed by atoms with van der Waals surface area (Å²) in [7, 11) is 0. The molecular formula is C23H15N3O4S. The number of thioether (sulfide) groups is 1. The summed E-state index contributed by atoms with van der Waals surface area (Å²) in [6.45, 7) is -0.379. The lowest BCUT2D eigenvalue weighted by atomic mass is 10.1. The number of imide groups is 1. The highest BCUT2D eigenvalue weighted by atomic mass is 32.2. The molecule has 152 valence electrons. The number of anilines is 1. The molecule has 0 aliphatic carbocycles. The van der Waals surface area contributed by atoms with Gasteiger partial charge in [0.05, 0.1) is 16.5 Å². The summed E-state index contributed by atoms with van der Waals surface area (Å²) >= 11 is 0.744. The van der Waals surface area contributed by atoms with E-state index in [2.05, 4.69) is 11.4 Å². The van der Waals surface area contributed by atoms with Crippen LogP contribution < -0.4 is 5.32 Å². The number of nitrogens with one attached hydrogen (secondary N) is 1. The molecule has 0 spiro atoms. The molecule has 8 heteroatoms. The van der Waals surface area contributed by atoms with E-state index in [0.717, 1.165) is 16.7 Å². The van der Waals surface area contributed by atoms with Crippen LogP contribution in [0.4, 0.5) is 10.5 Å². The minimum atomic E-state index is -0.561. The molecule has 2 heterocycles. The fraction of sp³-hybridized carbons (Fsp3) is 0.0435. The highest BCUT2D eigenvalue weighted by Gasteiger charge is 2.36. The zero-order valence-corrected chi connectivity index (χ0v) is 16.9. The van der Waals surface area contributed by atoms with Gasteiger partial charge in [0.25, 0.3) is 11.1 Å². The maximum atomic E-state index is 12.6. The monoisotopic (exact) mass is 429 g/mol. The molecule has 1 N–H and O–H groups in total. The zero-order chi connectivity index (χ0) is 21.8. The van der Waals surface area contributed by atoms with E-state index >= 15 is 0 Å². The minimum absolute atomic E-state index is 0.159. The Hall–Kier alpha value is -4.09. The topological polar surface area (TPSA) is 103 Å². The second-order valence-electron chi connectivity index (χ2n) is 6.54. The van der Waals surface area contributed by atoms with Crippen molar-refractivity contribution in [3.05, 3.63) is 83.0 Å². The minimum Gasteiger partial charge on any atom is -0.457 e. The molecule has 0 unspecified atom stereocenters. The van der Waals surface area contributed by atoms with Crippen LogP contribution in [-0.2, 0) is 9.59 Å². The Bertz CT molecular complexity index is 1240. The molecule has 0 radical (unpaired) electrons. The normalized spacial score (nSPS) is 14.7. The van der Waals surface area contributed by atoms with Crippen molar-refractivity contribution in [2.75, 3.05) is 11.9 Å². The van der Waals surface area contributed by atoms with Crippen LogP contribution in [0.1, 0.15) is 11.3 Å². The Morgan fingerprint density at radius 3 is 2.58 bits per heavy atom. The van der Waals surface area contributed by atoms with E-state index in [1.54, 1.807) is 60.7 Å². The van der Waals surface area contributed by atoms with Gasteiger partial charge < -0.3 is 9.73 Å². The van der Waals surface area contributed by atoms with Gasteiger partial charge in [-0.2, -0.15) is 5.26 Å². The van der Waals surface area contributed by atoms with Crippen LogP contribution in [-0.4, -0.2) is 28.5 Å². The van der Waals surface area contributed by atoms with Gasteiger partial charge in [0.1, 0.15) is 18.1 Å². The molecule has 0 bridgehead atoms. The van der Waals surface area contributed by atoms with Crippen molar-refractivity contribution in [3.63, 3.8) is 0 Å². The maximum Gasteiger partial charge on any atom is 0.294 e. The van der Waals surface area contributed by atoms with Crippen LogP contribution >= 0.6 is 11.8 Å². The fourth-order valence-corrected chi connectivity index (χ4v) is 3.82. The third-order valence-electron chi connectivity index (χ3n) is 4.45. The van der Waals surface area contributed by atoms with Crippen LogP contribution in [0.5, 0.6) is 0 Å².